The highest BCUT2D eigenvalue weighted by Gasteiger charge is 2.27. The predicted octanol–water partition coefficient (Wildman–Crippen LogP) is 5.32. The van der Waals surface area contributed by atoms with Gasteiger partial charge in [0.25, 0.3) is 0 Å². The summed E-state index contributed by atoms with van der Waals surface area (Å²) in [6.45, 7) is 4.07. The van der Waals surface area contributed by atoms with E-state index in [4.69, 9.17) is 9.97 Å². The second-order valence-electron chi connectivity index (χ2n) is 10.0. The Labute approximate surface area is 217 Å². The van der Waals surface area contributed by atoms with Crippen LogP contribution in [0.1, 0.15) is 44.1 Å². The van der Waals surface area contributed by atoms with Gasteiger partial charge in [0, 0.05) is 35.5 Å². The number of aromatic nitrogens is 5. The van der Waals surface area contributed by atoms with Crippen molar-refractivity contribution < 1.29 is 13.2 Å². The average Bonchev–Trinajstić information content (AvgIpc) is 2.87. The van der Waals surface area contributed by atoms with Crippen molar-refractivity contribution in [2.75, 3.05) is 23.7 Å². The molecule has 8 nitrogen and oxygen atoms in total. The molecule has 0 aromatic carbocycles. The quantitative estimate of drug-likeness (QED) is 0.294. The highest BCUT2D eigenvalue weighted by Crippen LogP contribution is 2.41. The smallest absolute Gasteiger partial charge is 0.217 e. The largest absolute Gasteiger partial charge is 0.366 e. The molecule has 5 heterocycles. The molecule has 4 aromatic heterocycles. The van der Waals surface area contributed by atoms with E-state index in [0.717, 1.165) is 54.6 Å². The molecule has 1 saturated heterocycles. The maximum Gasteiger partial charge on any atom is 0.217 e. The number of rotatable bonds is 6. The fourth-order valence-corrected chi connectivity index (χ4v) is 5.09. The lowest BCUT2D eigenvalue weighted by molar-refractivity contribution is 0.368. The Morgan fingerprint density at radius 2 is 1.87 bits per heavy atom. The number of halogens is 3. The Morgan fingerprint density at radius 3 is 2.66 bits per heavy atom. The van der Waals surface area contributed by atoms with Gasteiger partial charge in [-0.1, -0.05) is 13.3 Å². The Kier molecular flexibility index (Phi) is 6.52. The van der Waals surface area contributed by atoms with Crippen molar-refractivity contribution in [1.82, 2.24) is 30.2 Å². The summed E-state index contributed by atoms with van der Waals surface area (Å²) in [4.78, 5) is 21.8. The Morgan fingerprint density at radius 1 is 1.00 bits per heavy atom. The van der Waals surface area contributed by atoms with Gasteiger partial charge < -0.3 is 16.0 Å². The van der Waals surface area contributed by atoms with Crippen molar-refractivity contribution in [2.24, 2.45) is 5.92 Å². The molecule has 4 aromatic rings. The zero-order valence-corrected chi connectivity index (χ0v) is 20.8. The lowest BCUT2D eigenvalue weighted by Gasteiger charge is -2.32. The number of fused-ring (bicyclic) bond motifs is 1. The van der Waals surface area contributed by atoms with E-state index in [0.29, 0.717) is 29.3 Å². The van der Waals surface area contributed by atoms with Crippen LogP contribution in [0.3, 0.4) is 0 Å². The first-order valence-corrected chi connectivity index (χ1v) is 12.8. The molecule has 1 aliphatic heterocycles. The molecule has 0 bridgehead atoms. The molecule has 2 atom stereocenters. The van der Waals surface area contributed by atoms with E-state index in [1.807, 2.05) is 6.20 Å². The minimum Gasteiger partial charge on any atom is -0.366 e. The van der Waals surface area contributed by atoms with E-state index in [9.17, 15) is 13.2 Å². The molecule has 11 heteroatoms. The number of nitrogens with zero attached hydrogens (tertiary/aromatic N) is 5. The molecule has 0 radical (unpaired) electrons. The Hall–Kier alpha value is -3.86. The van der Waals surface area contributed by atoms with Gasteiger partial charge in [-0.2, -0.15) is 13.8 Å². The van der Waals surface area contributed by atoms with E-state index < -0.39 is 23.4 Å². The highest BCUT2D eigenvalue weighted by atomic mass is 19.2. The molecular weight excluding hydrogens is 493 g/mol. The van der Waals surface area contributed by atoms with Gasteiger partial charge in [0.15, 0.2) is 17.5 Å². The summed E-state index contributed by atoms with van der Waals surface area (Å²) in [5.74, 6) is -2.18. The van der Waals surface area contributed by atoms with Crippen LogP contribution in [0.15, 0.2) is 36.8 Å². The van der Waals surface area contributed by atoms with E-state index >= 15 is 0 Å². The lowest BCUT2D eigenvalue weighted by atomic mass is 9.79. The highest BCUT2D eigenvalue weighted by molar-refractivity contribution is 5.93. The van der Waals surface area contributed by atoms with Crippen LogP contribution >= 0.6 is 0 Å². The van der Waals surface area contributed by atoms with Crippen molar-refractivity contribution >= 4 is 28.4 Å². The van der Waals surface area contributed by atoms with Crippen LogP contribution in [0, 0.1) is 23.5 Å². The SMILES string of the molecule is C[C@@H]1CNCC[C@@H]1Nc1nc(-c2ccnc(Nc3nc(F)cc(F)c3F)c2)nc2cncc(C3CCC3)c12. The van der Waals surface area contributed by atoms with Gasteiger partial charge in [0.05, 0.1) is 11.7 Å². The summed E-state index contributed by atoms with van der Waals surface area (Å²) in [5.41, 5.74) is 2.49. The summed E-state index contributed by atoms with van der Waals surface area (Å²) in [6.07, 6.45) is 9.58. The van der Waals surface area contributed by atoms with E-state index in [1.165, 1.54) is 12.6 Å². The van der Waals surface area contributed by atoms with Gasteiger partial charge in [-0.15, -0.1) is 0 Å². The second-order valence-corrected chi connectivity index (χ2v) is 10.0. The molecule has 0 spiro atoms. The molecule has 0 unspecified atom stereocenters. The van der Waals surface area contributed by atoms with Crippen molar-refractivity contribution in [3.63, 3.8) is 0 Å². The fraction of sp³-hybridized carbons (Fsp3) is 0.370. The third-order valence-electron chi connectivity index (χ3n) is 7.44. The van der Waals surface area contributed by atoms with Crippen LogP contribution in [0.25, 0.3) is 22.3 Å². The maximum absolute atomic E-state index is 14.2. The number of hydrogen-bond donors (Lipinski definition) is 3. The van der Waals surface area contributed by atoms with Crippen LogP contribution in [-0.2, 0) is 0 Å². The first-order valence-electron chi connectivity index (χ1n) is 12.8. The van der Waals surface area contributed by atoms with Gasteiger partial charge in [-0.25, -0.2) is 19.3 Å². The zero-order valence-electron chi connectivity index (χ0n) is 20.8. The molecule has 2 aliphatic rings. The number of pyridine rings is 3. The van der Waals surface area contributed by atoms with Gasteiger partial charge in [-0.05, 0) is 61.9 Å². The first kappa shape index (κ1) is 24.5. The normalized spacial score (nSPS) is 19.8. The van der Waals surface area contributed by atoms with Crippen LogP contribution in [0.4, 0.5) is 30.6 Å². The summed E-state index contributed by atoms with van der Waals surface area (Å²) >= 11 is 0. The molecular formula is C27H27F3N8. The molecule has 3 N–H and O–H groups in total. The number of nitrogens with one attached hydrogen (secondary N) is 3. The minimum absolute atomic E-state index is 0.144. The van der Waals surface area contributed by atoms with Crippen molar-refractivity contribution in [3.05, 3.63) is 59.9 Å². The molecule has 1 aliphatic carbocycles. The molecule has 38 heavy (non-hydrogen) atoms. The summed E-state index contributed by atoms with van der Waals surface area (Å²) < 4.78 is 41.4. The molecule has 196 valence electrons. The standard InChI is InChI=1S/C27H27F3N8/c1-14-11-31-7-6-19(14)34-26-23-17(15-3-2-4-15)12-32-13-20(23)35-25(38-26)16-5-8-33-22(9-16)37-27-24(30)18(28)10-21(29)36-27/h5,8-10,12-15,19,31H,2-4,6-7,11H2,1H3,(H,33,36,37)(H,34,35,38)/t14-,19+/m1/s1. The zero-order chi connectivity index (χ0) is 26.2. The van der Waals surface area contributed by atoms with Crippen molar-refractivity contribution in [1.29, 1.82) is 0 Å². The molecule has 2 fully saturated rings. The topological polar surface area (TPSA) is 101 Å². The van der Waals surface area contributed by atoms with Crippen LogP contribution in [-0.4, -0.2) is 44.1 Å². The summed E-state index contributed by atoms with van der Waals surface area (Å²) in [6, 6.07) is 3.95. The third-order valence-corrected chi connectivity index (χ3v) is 7.44. The van der Waals surface area contributed by atoms with Crippen molar-refractivity contribution in [3.8, 4) is 11.4 Å². The molecule has 6 rings (SSSR count). The number of hydrogen-bond acceptors (Lipinski definition) is 8. The summed E-state index contributed by atoms with van der Waals surface area (Å²) in [7, 11) is 0. The van der Waals surface area contributed by atoms with Crippen molar-refractivity contribution in [2.45, 2.75) is 44.6 Å². The monoisotopic (exact) mass is 520 g/mol. The van der Waals surface area contributed by atoms with Gasteiger partial charge >= 0.3 is 0 Å². The molecule has 0 amide bonds. The number of piperidine rings is 1. The Bertz CT molecular complexity index is 1490. The second kappa shape index (κ2) is 10.1. The molecule has 1 saturated carbocycles. The first-order chi connectivity index (χ1) is 18.5. The van der Waals surface area contributed by atoms with Gasteiger partial charge in [0.1, 0.15) is 11.6 Å². The average molecular weight is 521 g/mol. The minimum atomic E-state index is -1.34. The predicted molar refractivity (Wildman–Crippen MR) is 139 cm³/mol. The number of anilines is 3. The van der Waals surface area contributed by atoms with E-state index in [1.54, 1.807) is 18.3 Å². The van der Waals surface area contributed by atoms with Crippen LogP contribution < -0.4 is 16.0 Å². The van der Waals surface area contributed by atoms with Crippen LogP contribution in [0.5, 0.6) is 0 Å². The maximum atomic E-state index is 14.2. The third kappa shape index (κ3) is 4.73. The summed E-state index contributed by atoms with van der Waals surface area (Å²) in [5, 5.41) is 10.7. The van der Waals surface area contributed by atoms with Gasteiger partial charge in [0.2, 0.25) is 11.8 Å². The van der Waals surface area contributed by atoms with Crippen LogP contribution in [0.2, 0.25) is 0 Å². The fourth-order valence-electron chi connectivity index (χ4n) is 5.09. The van der Waals surface area contributed by atoms with E-state index in [-0.39, 0.29) is 11.9 Å². The van der Waals surface area contributed by atoms with E-state index in [2.05, 4.69) is 37.8 Å². The van der Waals surface area contributed by atoms with Gasteiger partial charge in [-0.3, -0.25) is 4.98 Å². The lowest BCUT2D eigenvalue weighted by Crippen LogP contribution is -2.42. The Balaban J connectivity index is 1.41.